The van der Waals surface area contributed by atoms with Gasteiger partial charge in [-0.05, 0) is 31.8 Å². The van der Waals surface area contributed by atoms with Crippen LogP contribution in [0.1, 0.15) is 39.0 Å². The summed E-state index contributed by atoms with van der Waals surface area (Å²) in [6.45, 7) is 2.51. The van der Waals surface area contributed by atoms with Gasteiger partial charge < -0.3 is 10.5 Å². The zero-order valence-electron chi connectivity index (χ0n) is 10.6. The highest BCUT2D eigenvalue weighted by Crippen LogP contribution is 2.20. The van der Waals surface area contributed by atoms with Crippen molar-refractivity contribution in [3.63, 3.8) is 0 Å². The molecule has 2 N–H and O–H groups in total. The quantitative estimate of drug-likeness (QED) is 0.438. The van der Waals surface area contributed by atoms with Crippen LogP contribution in [-0.2, 0) is 9.53 Å². The molecule has 0 aromatic heterocycles. The fourth-order valence-electron chi connectivity index (χ4n) is 2.06. The van der Waals surface area contributed by atoms with Gasteiger partial charge in [0.25, 0.3) is 0 Å². The van der Waals surface area contributed by atoms with Gasteiger partial charge in [-0.1, -0.05) is 31.1 Å². The molecule has 0 aromatic rings. The lowest BCUT2D eigenvalue weighted by Gasteiger charge is -2.28. The summed E-state index contributed by atoms with van der Waals surface area (Å²) in [6.07, 6.45) is 11.9. The lowest BCUT2D eigenvalue weighted by Crippen LogP contribution is -2.39. The van der Waals surface area contributed by atoms with Gasteiger partial charge in [0.15, 0.2) is 0 Å². The number of aldehydes is 1. The van der Waals surface area contributed by atoms with Crippen molar-refractivity contribution in [2.24, 2.45) is 5.73 Å². The Bertz CT molecular complexity index is 284. The van der Waals surface area contributed by atoms with Crippen LogP contribution in [0.4, 0.5) is 0 Å². The van der Waals surface area contributed by atoms with Gasteiger partial charge >= 0.3 is 0 Å². The smallest absolute Gasteiger partial charge is 0.146 e. The molecule has 0 radical (unpaired) electrons. The van der Waals surface area contributed by atoms with Crippen LogP contribution in [0.15, 0.2) is 23.8 Å². The minimum atomic E-state index is 0.169. The third-order valence-corrected chi connectivity index (χ3v) is 3.13. The third-order valence-electron chi connectivity index (χ3n) is 3.13. The van der Waals surface area contributed by atoms with Crippen molar-refractivity contribution in [1.29, 1.82) is 0 Å². The number of allylic oxidation sites excluding steroid dienone is 3. The second-order valence-corrected chi connectivity index (χ2v) is 4.49. The van der Waals surface area contributed by atoms with Gasteiger partial charge in [-0.15, -0.1) is 0 Å². The van der Waals surface area contributed by atoms with Gasteiger partial charge in [-0.3, -0.25) is 4.79 Å². The summed E-state index contributed by atoms with van der Waals surface area (Å²) in [6, 6.07) is 0.169. The van der Waals surface area contributed by atoms with E-state index in [1.54, 1.807) is 0 Å². The van der Waals surface area contributed by atoms with Crippen LogP contribution in [0.2, 0.25) is 0 Å². The molecule has 1 saturated carbocycles. The van der Waals surface area contributed by atoms with E-state index in [0.29, 0.717) is 13.0 Å². The van der Waals surface area contributed by atoms with Crippen LogP contribution in [0, 0.1) is 0 Å². The zero-order chi connectivity index (χ0) is 12.5. The van der Waals surface area contributed by atoms with Gasteiger partial charge in [-0.25, -0.2) is 0 Å². The Morgan fingerprint density at radius 2 is 2.18 bits per heavy atom. The molecule has 1 fully saturated rings. The first kappa shape index (κ1) is 14.1. The molecule has 3 nitrogen and oxygen atoms in total. The van der Waals surface area contributed by atoms with Crippen LogP contribution < -0.4 is 5.73 Å². The number of hydrogen-bond acceptors (Lipinski definition) is 3. The fourth-order valence-corrected chi connectivity index (χ4v) is 2.06. The lowest BCUT2D eigenvalue weighted by molar-refractivity contribution is -0.105. The predicted molar refractivity (Wildman–Crippen MR) is 69.8 cm³/mol. The first-order valence-electron chi connectivity index (χ1n) is 6.42. The molecule has 1 aliphatic carbocycles. The summed E-state index contributed by atoms with van der Waals surface area (Å²) < 4.78 is 5.76. The van der Waals surface area contributed by atoms with Gasteiger partial charge in [0.1, 0.15) is 6.29 Å². The number of rotatable bonds is 6. The molecule has 1 rings (SSSR count). The van der Waals surface area contributed by atoms with Gasteiger partial charge in [0.05, 0.1) is 12.7 Å². The maximum absolute atomic E-state index is 10.8. The second kappa shape index (κ2) is 8.20. The maximum Gasteiger partial charge on any atom is 0.146 e. The van der Waals surface area contributed by atoms with Crippen LogP contribution in [0.5, 0.6) is 0 Å². The molecule has 3 heteroatoms. The van der Waals surface area contributed by atoms with Crippen molar-refractivity contribution < 1.29 is 9.53 Å². The van der Waals surface area contributed by atoms with E-state index in [-0.39, 0.29) is 12.1 Å². The molecule has 0 heterocycles. The Labute approximate surface area is 104 Å². The van der Waals surface area contributed by atoms with Crippen LogP contribution in [0.25, 0.3) is 0 Å². The van der Waals surface area contributed by atoms with Crippen molar-refractivity contribution >= 4 is 6.29 Å². The summed E-state index contributed by atoms with van der Waals surface area (Å²) in [5, 5.41) is 0. The van der Waals surface area contributed by atoms with Crippen molar-refractivity contribution in [2.75, 3.05) is 6.61 Å². The molecular formula is C14H23NO2. The molecule has 0 aliphatic heterocycles. The molecule has 0 spiro atoms. The monoisotopic (exact) mass is 237 g/mol. The Hall–Kier alpha value is -0.930. The molecule has 0 saturated heterocycles. The normalized spacial score (nSPS) is 26.4. The number of ether oxygens (including phenoxy) is 1. The van der Waals surface area contributed by atoms with Crippen molar-refractivity contribution in [3.8, 4) is 0 Å². The average Bonchev–Trinajstić information content (AvgIpc) is 2.35. The zero-order valence-corrected chi connectivity index (χ0v) is 10.6. The van der Waals surface area contributed by atoms with E-state index >= 15 is 0 Å². The van der Waals surface area contributed by atoms with Crippen molar-refractivity contribution in [2.45, 2.75) is 51.2 Å². The first-order valence-corrected chi connectivity index (χ1v) is 6.42. The Morgan fingerprint density at radius 1 is 1.41 bits per heavy atom. The average molecular weight is 237 g/mol. The van der Waals surface area contributed by atoms with Crippen LogP contribution in [-0.4, -0.2) is 25.0 Å². The maximum atomic E-state index is 10.8. The molecule has 17 heavy (non-hydrogen) atoms. The second-order valence-electron chi connectivity index (χ2n) is 4.49. The minimum Gasteiger partial charge on any atom is -0.376 e. The first-order chi connectivity index (χ1) is 8.27. The Morgan fingerprint density at radius 3 is 2.82 bits per heavy atom. The van der Waals surface area contributed by atoms with Crippen molar-refractivity contribution in [3.05, 3.63) is 23.8 Å². The highest BCUT2D eigenvalue weighted by atomic mass is 16.5. The highest BCUT2D eigenvalue weighted by molar-refractivity contribution is 5.73. The summed E-state index contributed by atoms with van der Waals surface area (Å²) in [5.74, 6) is 0. The lowest BCUT2D eigenvalue weighted by atomic mass is 9.93. The molecule has 2 unspecified atom stereocenters. The van der Waals surface area contributed by atoms with Crippen molar-refractivity contribution in [1.82, 2.24) is 0 Å². The van der Waals surface area contributed by atoms with E-state index in [4.69, 9.17) is 10.5 Å². The highest BCUT2D eigenvalue weighted by Gasteiger charge is 2.21. The fraction of sp³-hybridized carbons (Fsp3) is 0.643. The largest absolute Gasteiger partial charge is 0.376 e. The van der Waals surface area contributed by atoms with Gasteiger partial charge in [0, 0.05) is 6.04 Å². The summed E-state index contributed by atoms with van der Waals surface area (Å²) in [7, 11) is 0. The van der Waals surface area contributed by atoms with E-state index in [2.05, 4.69) is 0 Å². The SMILES string of the molecule is C/C=C\C=C(/C=O)CCOC1CCCCC1N. The third kappa shape index (κ3) is 5.29. The van der Waals surface area contributed by atoms with Crippen LogP contribution >= 0.6 is 0 Å². The summed E-state index contributed by atoms with van der Waals surface area (Å²) >= 11 is 0. The topological polar surface area (TPSA) is 52.3 Å². The van der Waals surface area contributed by atoms with E-state index < -0.39 is 0 Å². The van der Waals surface area contributed by atoms with E-state index in [9.17, 15) is 4.79 Å². The molecule has 1 aliphatic rings. The van der Waals surface area contributed by atoms with Gasteiger partial charge in [-0.2, -0.15) is 0 Å². The minimum absolute atomic E-state index is 0.169. The summed E-state index contributed by atoms with van der Waals surface area (Å²) in [5.41, 5.74) is 6.76. The van der Waals surface area contributed by atoms with Crippen LogP contribution in [0.3, 0.4) is 0 Å². The molecular weight excluding hydrogens is 214 g/mol. The number of nitrogens with two attached hydrogens (primary N) is 1. The molecule has 96 valence electrons. The molecule has 2 atom stereocenters. The Kier molecular flexibility index (Phi) is 6.82. The molecule has 0 bridgehead atoms. The molecule has 0 amide bonds. The molecule has 0 aromatic carbocycles. The number of hydrogen-bond donors (Lipinski definition) is 1. The number of carbonyl (C=O) groups excluding carboxylic acids is 1. The van der Waals surface area contributed by atoms with E-state index in [1.807, 2.05) is 25.2 Å². The number of carbonyl (C=O) groups is 1. The van der Waals surface area contributed by atoms with E-state index in [0.717, 1.165) is 24.7 Å². The van der Waals surface area contributed by atoms with E-state index in [1.165, 1.54) is 12.8 Å². The van der Waals surface area contributed by atoms with Gasteiger partial charge in [0.2, 0.25) is 0 Å². The predicted octanol–water partition coefficient (Wildman–Crippen LogP) is 2.36. The summed E-state index contributed by atoms with van der Waals surface area (Å²) in [4.78, 5) is 10.8. The standard InChI is InChI=1S/C14H23NO2/c1-2-3-6-12(11-16)9-10-17-14-8-5-4-7-13(14)15/h2-3,6,11,13-14H,4-5,7-10,15H2,1H3/b3-2-,12-6-. The Balaban J connectivity index is 2.28.